The number of carbonyl (C=O) groups excluding carboxylic acids is 2. The number of ether oxygens (including phenoxy) is 2. The maximum Gasteiger partial charge on any atom is 0.371 e. The van der Waals surface area contributed by atoms with Crippen molar-refractivity contribution in [1.29, 1.82) is 0 Å². The summed E-state index contributed by atoms with van der Waals surface area (Å²) in [7, 11) is 0. The van der Waals surface area contributed by atoms with Gasteiger partial charge >= 0.3 is 5.97 Å². The summed E-state index contributed by atoms with van der Waals surface area (Å²) in [4.78, 5) is 20.7. The Morgan fingerprint density at radius 3 is 2.60 bits per heavy atom. The molecule has 0 amide bonds. The molecule has 1 fully saturated rings. The monoisotopic (exact) mass is 284 g/mol. The van der Waals surface area contributed by atoms with E-state index >= 15 is 0 Å². The van der Waals surface area contributed by atoms with Crippen LogP contribution in [-0.2, 0) is 19.1 Å². The van der Waals surface area contributed by atoms with E-state index in [-0.39, 0.29) is 6.29 Å². The van der Waals surface area contributed by atoms with Gasteiger partial charge in [-0.3, -0.25) is 4.79 Å². The van der Waals surface area contributed by atoms with E-state index in [1.54, 1.807) is 0 Å². The van der Waals surface area contributed by atoms with E-state index < -0.39 is 5.97 Å². The largest absolute Gasteiger partial charge is 0.460 e. The minimum absolute atomic E-state index is 0.202. The minimum Gasteiger partial charge on any atom is -0.460 e. The van der Waals surface area contributed by atoms with E-state index in [1.165, 1.54) is 12.8 Å². The SMILES string of the molecule is CC(C)[C@H]1CC[C@H](C)C[C@@H]1OCCCCOC(=O)C=O. The molecule has 0 bridgehead atoms. The molecule has 1 aliphatic rings. The summed E-state index contributed by atoms with van der Waals surface area (Å²) in [5.74, 6) is 1.30. The van der Waals surface area contributed by atoms with Crippen LogP contribution in [0, 0.1) is 17.8 Å². The molecule has 20 heavy (non-hydrogen) atoms. The highest BCUT2D eigenvalue weighted by molar-refractivity contribution is 6.20. The molecule has 1 saturated carbocycles. The summed E-state index contributed by atoms with van der Waals surface area (Å²) >= 11 is 0. The zero-order valence-corrected chi connectivity index (χ0v) is 13.0. The molecule has 0 unspecified atom stereocenters. The third-order valence-electron chi connectivity index (χ3n) is 4.17. The second-order valence-corrected chi connectivity index (χ2v) is 6.23. The van der Waals surface area contributed by atoms with Crippen molar-refractivity contribution >= 4 is 12.3 Å². The predicted octanol–water partition coefficient (Wildman–Crippen LogP) is 2.99. The molecule has 1 rings (SSSR count). The van der Waals surface area contributed by atoms with Crippen molar-refractivity contribution in [2.75, 3.05) is 13.2 Å². The van der Waals surface area contributed by atoms with Gasteiger partial charge in [0.05, 0.1) is 12.7 Å². The smallest absolute Gasteiger partial charge is 0.371 e. The number of aldehydes is 1. The lowest BCUT2D eigenvalue weighted by Crippen LogP contribution is -2.34. The first-order valence-electron chi connectivity index (χ1n) is 7.78. The van der Waals surface area contributed by atoms with Crippen LogP contribution in [0.5, 0.6) is 0 Å². The molecule has 4 heteroatoms. The first-order valence-corrected chi connectivity index (χ1v) is 7.78. The Morgan fingerprint density at radius 1 is 1.25 bits per heavy atom. The molecule has 0 aliphatic heterocycles. The van der Waals surface area contributed by atoms with E-state index in [1.807, 2.05) is 0 Å². The van der Waals surface area contributed by atoms with Crippen LogP contribution in [0.2, 0.25) is 0 Å². The quantitative estimate of drug-likeness (QED) is 0.297. The summed E-state index contributed by atoms with van der Waals surface area (Å²) in [6.07, 6.45) is 5.91. The number of carbonyl (C=O) groups is 2. The first kappa shape index (κ1) is 17.2. The third-order valence-corrected chi connectivity index (χ3v) is 4.17. The van der Waals surface area contributed by atoms with Crippen LogP contribution in [0.4, 0.5) is 0 Å². The lowest BCUT2D eigenvalue weighted by atomic mass is 9.75. The molecule has 0 N–H and O–H groups in total. The Balaban J connectivity index is 2.18. The highest BCUT2D eigenvalue weighted by Crippen LogP contribution is 2.35. The van der Waals surface area contributed by atoms with Gasteiger partial charge in [-0.05, 0) is 43.4 Å². The van der Waals surface area contributed by atoms with Gasteiger partial charge in [0, 0.05) is 6.61 Å². The summed E-state index contributed by atoms with van der Waals surface area (Å²) < 4.78 is 10.7. The van der Waals surface area contributed by atoms with Gasteiger partial charge < -0.3 is 9.47 Å². The van der Waals surface area contributed by atoms with Gasteiger partial charge in [0.1, 0.15) is 0 Å². The van der Waals surface area contributed by atoms with Gasteiger partial charge in [-0.2, -0.15) is 0 Å². The highest BCUT2D eigenvalue weighted by atomic mass is 16.5. The van der Waals surface area contributed by atoms with Gasteiger partial charge in [-0.25, -0.2) is 4.79 Å². The summed E-state index contributed by atoms with van der Waals surface area (Å²) in [5, 5.41) is 0. The fraction of sp³-hybridized carbons (Fsp3) is 0.875. The Labute approximate surface area is 122 Å². The predicted molar refractivity (Wildman–Crippen MR) is 77.3 cm³/mol. The number of esters is 1. The number of hydrogen-bond donors (Lipinski definition) is 0. The van der Waals surface area contributed by atoms with E-state index in [2.05, 4.69) is 20.8 Å². The topological polar surface area (TPSA) is 52.6 Å². The Bertz CT molecular complexity index is 301. The molecule has 0 saturated heterocycles. The molecule has 3 atom stereocenters. The Kier molecular flexibility index (Phi) is 7.82. The normalized spacial score (nSPS) is 26.5. The van der Waals surface area contributed by atoms with Gasteiger partial charge in [-0.15, -0.1) is 0 Å². The highest BCUT2D eigenvalue weighted by Gasteiger charge is 2.31. The molecule has 0 aromatic heterocycles. The van der Waals surface area contributed by atoms with Crippen LogP contribution in [-0.4, -0.2) is 31.6 Å². The Morgan fingerprint density at radius 2 is 1.95 bits per heavy atom. The first-order chi connectivity index (χ1) is 9.54. The van der Waals surface area contributed by atoms with Crippen LogP contribution < -0.4 is 0 Å². The van der Waals surface area contributed by atoms with Crippen molar-refractivity contribution in [3.05, 3.63) is 0 Å². The van der Waals surface area contributed by atoms with Crippen LogP contribution >= 0.6 is 0 Å². The van der Waals surface area contributed by atoms with Crippen molar-refractivity contribution in [3.8, 4) is 0 Å². The molecular formula is C16H28O4. The molecule has 1 aliphatic carbocycles. The maximum absolute atomic E-state index is 10.6. The van der Waals surface area contributed by atoms with E-state index in [0.29, 0.717) is 31.2 Å². The summed E-state index contributed by atoms with van der Waals surface area (Å²) in [5.41, 5.74) is 0. The summed E-state index contributed by atoms with van der Waals surface area (Å²) in [6, 6.07) is 0. The fourth-order valence-corrected chi connectivity index (χ4v) is 2.95. The van der Waals surface area contributed by atoms with Crippen LogP contribution in [0.25, 0.3) is 0 Å². The molecule has 0 aromatic rings. The number of hydrogen-bond acceptors (Lipinski definition) is 4. The van der Waals surface area contributed by atoms with Crippen molar-refractivity contribution in [2.45, 2.75) is 59.0 Å². The second-order valence-electron chi connectivity index (χ2n) is 6.23. The van der Waals surface area contributed by atoms with Gasteiger partial charge in [0.2, 0.25) is 6.29 Å². The van der Waals surface area contributed by atoms with Crippen molar-refractivity contribution in [1.82, 2.24) is 0 Å². The van der Waals surface area contributed by atoms with Gasteiger partial charge in [0.25, 0.3) is 0 Å². The second kappa shape index (κ2) is 9.11. The van der Waals surface area contributed by atoms with E-state index in [0.717, 1.165) is 25.2 Å². The average molecular weight is 284 g/mol. The van der Waals surface area contributed by atoms with Crippen LogP contribution in [0.3, 0.4) is 0 Å². The number of unbranched alkanes of at least 4 members (excludes halogenated alkanes) is 1. The van der Waals surface area contributed by atoms with Crippen molar-refractivity contribution in [2.24, 2.45) is 17.8 Å². The summed E-state index contributed by atoms with van der Waals surface area (Å²) in [6.45, 7) is 7.85. The molecule has 0 spiro atoms. The maximum atomic E-state index is 10.6. The number of rotatable bonds is 8. The molecule has 4 nitrogen and oxygen atoms in total. The lowest BCUT2D eigenvalue weighted by molar-refractivity contribution is -0.148. The van der Waals surface area contributed by atoms with Crippen molar-refractivity contribution in [3.63, 3.8) is 0 Å². The van der Waals surface area contributed by atoms with Gasteiger partial charge in [-0.1, -0.05) is 27.2 Å². The van der Waals surface area contributed by atoms with Gasteiger partial charge in [0.15, 0.2) is 0 Å². The molecular weight excluding hydrogens is 256 g/mol. The van der Waals surface area contributed by atoms with E-state index in [9.17, 15) is 9.59 Å². The zero-order valence-electron chi connectivity index (χ0n) is 13.0. The lowest BCUT2D eigenvalue weighted by Gasteiger charge is -2.37. The molecule has 0 heterocycles. The fourth-order valence-electron chi connectivity index (χ4n) is 2.95. The zero-order chi connectivity index (χ0) is 15.0. The van der Waals surface area contributed by atoms with E-state index in [4.69, 9.17) is 9.47 Å². The molecule has 0 aromatic carbocycles. The molecule has 116 valence electrons. The van der Waals surface area contributed by atoms with Crippen LogP contribution in [0.15, 0.2) is 0 Å². The van der Waals surface area contributed by atoms with Crippen LogP contribution in [0.1, 0.15) is 52.9 Å². The minimum atomic E-state index is -0.785. The van der Waals surface area contributed by atoms with Crippen molar-refractivity contribution < 1.29 is 19.1 Å². The third kappa shape index (κ3) is 6.04. The standard InChI is InChI=1S/C16H28O4/c1-12(2)14-7-6-13(3)10-15(14)19-8-4-5-9-20-16(18)11-17/h11-15H,4-10H2,1-3H3/t13-,14+,15-/m0/s1. The Hall–Kier alpha value is -0.900. The average Bonchev–Trinajstić information content (AvgIpc) is 2.42. The molecule has 0 radical (unpaired) electrons.